The Kier molecular flexibility index (Phi) is 4.20. The van der Waals surface area contributed by atoms with Crippen LogP contribution >= 0.6 is 0 Å². The smallest absolute Gasteiger partial charge is 0.312 e. The molecular weight excluding hydrogens is 382 g/mol. The number of carbonyl (C=O) groups is 2. The average molecular weight is 401 g/mol. The number of allylic oxidation sites excluding steroid dienone is 1. The molecule has 2 aromatic carbocycles. The summed E-state index contributed by atoms with van der Waals surface area (Å²) in [5.74, 6) is 0.914. The van der Waals surface area contributed by atoms with Crippen molar-refractivity contribution in [2.45, 2.75) is 12.3 Å². The predicted molar refractivity (Wildman–Crippen MR) is 110 cm³/mol. The average Bonchev–Trinajstić information content (AvgIpc) is 3.30. The molecule has 3 aromatic rings. The number of carbonyl (C=O) groups excluding carboxylic acids is 2. The largest absolute Gasteiger partial charge is 0.496 e. The number of aryl methyl sites for hydroxylation is 1. The van der Waals surface area contributed by atoms with Gasteiger partial charge in [0.2, 0.25) is 5.78 Å². The SMILES string of the molecule is COc1ccccc1C1CC(=O)Oc2ccc3c(c21)OC(=Cc1cccn1C)C3=O. The van der Waals surface area contributed by atoms with Crippen LogP contribution in [0.25, 0.3) is 6.08 Å². The summed E-state index contributed by atoms with van der Waals surface area (Å²) in [6, 6.07) is 14.7. The second-order valence-electron chi connectivity index (χ2n) is 7.31. The van der Waals surface area contributed by atoms with Gasteiger partial charge >= 0.3 is 5.97 Å². The number of Topliss-reactive ketones (excluding diaryl/α,β-unsaturated/α-hetero) is 1. The molecular formula is C24H19NO5. The monoisotopic (exact) mass is 401 g/mol. The van der Waals surface area contributed by atoms with Crippen LogP contribution in [0, 0.1) is 0 Å². The fraction of sp³-hybridized carbons (Fsp3) is 0.167. The highest BCUT2D eigenvalue weighted by atomic mass is 16.5. The van der Waals surface area contributed by atoms with Gasteiger partial charge in [0.15, 0.2) is 5.76 Å². The van der Waals surface area contributed by atoms with Crippen molar-refractivity contribution in [3.8, 4) is 17.2 Å². The predicted octanol–water partition coefficient (Wildman–Crippen LogP) is 4.09. The van der Waals surface area contributed by atoms with Crippen LogP contribution in [0.5, 0.6) is 17.2 Å². The van der Waals surface area contributed by atoms with E-state index in [2.05, 4.69) is 0 Å². The fourth-order valence-corrected chi connectivity index (χ4v) is 4.08. The fourth-order valence-electron chi connectivity index (χ4n) is 4.08. The minimum Gasteiger partial charge on any atom is -0.496 e. The number of hydrogen-bond donors (Lipinski definition) is 0. The molecule has 0 radical (unpaired) electrons. The lowest BCUT2D eigenvalue weighted by Crippen LogP contribution is -2.22. The van der Waals surface area contributed by atoms with Crippen molar-refractivity contribution >= 4 is 17.8 Å². The van der Waals surface area contributed by atoms with Crippen LogP contribution < -0.4 is 14.2 Å². The van der Waals surface area contributed by atoms with E-state index in [0.29, 0.717) is 28.4 Å². The molecule has 0 saturated heterocycles. The Bertz CT molecular complexity index is 1220. The number of hydrogen-bond acceptors (Lipinski definition) is 5. The van der Waals surface area contributed by atoms with Gasteiger partial charge in [-0.25, -0.2) is 0 Å². The van der Waals surface area contributed by atoms with E-state index in [4.69, 9.17) is 14.2 Å². The van der Waals surface area contributed by atoms with E-state index >= 15 is 0 Å². The van der Waals surface area contributed by atoms with Crippen molar-refractivity contribution in [3.05, 3.63) is 82.9 Å². The highest BCUT2D eigenvalue weighted by Gasteiger charge is 2.39. The van der Waals surface area contributed by atoms with Gasteiger partial charge in [-0.05, 0) is 30.3 Å². The van der Waals surface area contributed by atoms with Gasteiger partial charge in [0, 0.05) is 42.1 Å². The summed E-state index contributed by atoms with van der Waals surface area (Å²) in [4.78, 5) is 25.3. The highest BCUT2D eigenvalue weighted by Crippen LogP contribution is 2.50. The number of ether oxygens (including phenoxy) is 3. The number of rotatable bonds is 3. The van der Waals surface area contributed by atoms with Gasteiger partial charge in [0.1, 0.15) is 17.2 Å². The van der Waals surface area contributed by atoms with Gasteiger partial charge in [-0.3, -0.25) is 9.59 Å². The summed E-state index contributed by atoms with van der Waals surface area (Å²) in [5.41, 5.74) is 2.86. The second-order valence-corrected chi connectivity index (χ2v) is 7.31. The Balaban J connectivity index is 1.66. The number of ketones is 1. The molecule has 2 aliphatic heterocycles. The Hall–Kier alpha value is -3.80. The molecule has 1 aromatic heterocycles. The van der Waals surface area contributed by atoms with Gasteiger partial charge in [0.05, 0.1) is 19.1 Å². The van der Waals surface area contributed by atoms with Crippen molar-refractivity contribution in [2.75, 3.05) is 7.11 Å². The quantitative estimate of drug-likeness (QED) is 0.376. The molecule has 150 valence electrons. The summed E-state index contributed by atoms with van der Waals surface area (Å²) in [5, 5.41) is 0. The van der Waals surface area contributed by atoms with Crippen molar-refractivity contribution < 1.29 is 23.8 Å². The van der Waals surface area contributed by atoms with Crippen LogP contribution in [-0.2, 0) is 11.8 Å². The van der Waals surface area contributed by atoms with Gasteiger partial charge in [-0.15, -0.1) is 0 Å². The summed E-state index contributed by atoms with van der Waals surface area (Å²) in [6.45, 7) is 0. The van der Waals surface area contributed by atoms with E-state index < -0.39 is 0 Å². The Morgan fingerprint density at radius 2 is 1.90 bits per heavy atom. The maximum atomic E-state index is 13.0. The lowest BCUT2D eigenvalue weighted by atomic mass is 9.84. The molecule has 5 rings (SSSR count). The molecule has 1 unspecified atom stereocenters. The van der Waals surface area contributed by atoms with Crippen LogP contribution in [0.1, 0.15) is 39.5 Å². The number of para-hydroxylation sites is 1. The zero-order valence-electron chi connectivity index (χ0n) is 16.5. The molecule has 6 nitrogen and oxygen atoms in total. The summed E-state index contributed by atoms with van der Waals surface area (Å²) in [7, 11) is 3.50. The van der Waals surface area contributed by atoms with E-state index in [1.165, 1.54) is 0 Å². The zero-order chi connectivity index (χ0) is 20.8. The number of nitrogens with zero attached hydrogens (tertiary/aromatic N) is 1. The van der Waals surface area contributed by atoms with Crippen LogP contribution in [0.15, 0.2) is 60.5 Å². The maximum absolute atomic E-state index is 13.0. The van der Waals surface area contributed by atoms with Gasteiger partial charge in [0.25, 0.3) is 0 Å². The van der Waals surface area contributed by atoms with Crippen molar-refractivity contribution in [2.24, 2.45) is 7.05 Å². The third-order valence-electron chi connectivity index (χ3n) is 5.56. The number of fused-ring (bicyclic) bond motifs is 3. The molecule has 0 amide bonds. The lowest BCUT2D eigenvalue weighted by Gasteiger charge is -2.27. The standard InChI is InChI=1S/C24H19NO5/c1-25-11-5-6-14(25)12-20-23(27)16-9-10-19-22(24(16)30-20)17(13-21(26)29-19)15-7-3-4-8-18(15)28-2/h3-12,17H,13H2,1-2H3. The van der Waals surface area contributed by atoms with Gasteiger partial charge < -0.3 is 18.8 Å². The minimum absolute atomic E-state index is 0.137. The first-order valence-electron chi connectivity index (χ1n) is 9.63. The third kappa shape index (κ3) is 2.80. The molecule has 1 atom stereocenters. The molecule has 2 aliphatic rings. The first-order chi connectivity index (χ1) is 14.6. The Morgan fingerprint density at radius 1 is 1.07 bits per heavy atom. The maximum Gasteiger partial charge on any atom is 0.312 e. The molecule has 0 aliphatic carbocycles. The summed E-state index contributed by atoms with van der Waals surface area (Å²) < 4.78 is 19.0. The van der Waals surface area contributed by atoms with Crippen molar-refractivity contribution in [3.63, 3.8) is 0 Å². The topological polar surface area (TPSA) is 66.8 Å². The third-order valence-corrected chi connectivity index (χ3v) is 5.56. The van der Waals surface area contributed by atoms with Crippen LogP contribution in [0.4, 0.5) is 0 Å². The molecule has 6 heteroatoms. The molecule has 0 fully saturated rings. The summed E-state index contributed by atoms with van der Waals surface area (Å²) in [6.07, 6.45) is 3.76. The zero-order valence-corrected chi connectivity index (χ0v) is 16.5. The molecule has 0 bridgehead atoms. The van der Waals surface area contributed by atoms with E-state index in [0.717, 1.165) is 11.3 Å². The van der Waals surface area contributed by atoms with E-state index in [-0.39, 0.29) is 29.9 Å². The molecule has 3 heterocycles. The Labute approximate surface area is 173 Å². The molecule has 30 heavy (non-hydrogen) atoms. The van der Waals surface area contributed by atoms with Gasteiger partial charge in [-0.2, -0.15) is 0 Å². The van der Waals surface area contributed by atoms with E-state index in [1.54, 1.807) is 25.3 Å². The highest BCUT2D eigenvalue weighted by molar-refractivity contribution is 6.15. The molecule has 0 saturated carbocycles. The molecule has 0 spiro atoms. The first kappa shape index (κ1) is 18.2. The van der Waals surface area contributed by atoms with E-state index in [9.17, 15) is 9.59 Å². The normalized spacial score (nSPS) is 18.6. The van der Waals surface area contributed by atoms with Crippen LogP contribution in [0.2, 0.25) is 0 Å². The molecule has 0 N–H and O–H groups in total. The lowest BCUT2D eigenvalue weighted by molar-refractivity contribution is -0.135. The van der Waals surface area contributed by atoms with Crippen molar-refractivity contribution in [1.29, 1.82) is 0 Å². The summed E-state index contributed by atoms with van der Waals surface area (Å²) >= 11 is 0. The first-order valence-corrected chi connectivity index (χ1v) is 9.63. The van der Waals surface area contributed by atoms with E-state index in [1.807, 2.05) is 54.2 Å². The van der Waals surface area contributed by atoms with Gasteiger partial charge in [-0.1, -0.05) is 18.2 Å². The Morgan fingerprint density at radius 3 is 2.67 bits per heavy atom. The number of methoxy groups -OCH3 is 1. The second kappa shape index (κ2) is 6.91. The van der Waals surface area contributed by atoms with Crippen molar-refractivity contribution in [1.82, 2.24) is 4.57 Å². The number of aromatic nitrogens is 1. The number of benzene rings is 2. The minimum atomic E-state index is -0.338. The number of esters is 1. The van der Waals surface area contributed by atoms with Crippen LogP contribution in [-0.4, -0.2) is 23.4 Å². The van der Waals surface area contributed by atoms with Crippen LogP contribution in [0.3, 0.4) is 0 Å².